The SMILES string of the molecule is CCCCCCCCC(C)C(C)CCCCCCCC. The first-order valence-electron chi connectivity index (χ1n) is 9.72. The Kier molecular flexibility index (Phi) is 15.4. The molecular weight excluding hydrogens is 240 g/mol. The molecule has 0 spiro atoms. The Morgan fingerprint density at radius 2 is 0.750 bits per heavy atom. The van der Waals surface area contributed by atoms with E-state index >= 15 is 0 Å². The van der Waals surface area contributed by atoms with Crippen LogP contribution in [0.25, 0.3) is 0 Å². The summed E-state index contributed by atoms with van der Waals surface area (Å²) in [7, 11) is 0. The van der Waals surface area contributed by atoms with Crippen molar-refractivity contribution in [2.45, 2.75) is 118 Å². The van der Waals surface area contributed by atoms with E-state index in [1.54, 1.807) is 0 Å². The van der Waals surface area contributed by atoms with Crippen LogP contribution in [0.2, 0.25) is 0 Å². The molecule has 0 saturated heterocycles. The van der Waals surface area contributed by atoms with Crippen LogP contribution in [0, 0.1) is 11.8 Å². The zero-order valence-electron chi connectivity index (χ0n) is 15.1. The lowest BCUT2D eigenvalue weighted by molar-refractivity contribution is 0.322. The quantitative estimate of drug-likeness (QED) is 0.269. The van der Waals surface area contributed by atoms with Crippen molar-refractivity contribution in [2.75, 3.05) is 0 Å². The molecule has 0 aliphatic heterocycles. The fourth-order valence-electron chi connectivity index (χ4n) is 3.06. The average Bonchev–Trinajstić information content (AvgIpc) is 2.45. The third kappa shape index (κ3) is 13.0. The third-order valence-corrected chi connectivity index (χ3v) is 5.00. The van der Waals surface area contributed by atoms with Crippen molar-refractivity contribution in [3.8, 4) is 0 Å². The van der Waals surface area contributed by atoms with E-state index in [-0.39, 0.29) is 0 Å². The molecule has 0 nitrogen and oxygen atoms in total. The largest absolute Gasteiger partial charge is 0.0654 e. The molecule has 0 aromatic heterocycles. The van der Waals surface area contributed by atoms with Crippen molar-refractivity contribution in [1.29, 1.82) is 0 Å². The molecule has 0 saturated carbocycles. The number of hydrogen-bond donors (Lipinski definition) is 0. The van der Waals surface area contributed by atoms with Crippen LogP contribution < -0.4 is 0 Å². The first-order valence-corrected chi connectivity index (χ1v) is 9.72. The Morgan fingerprint density at radius 1 is 0.450 bits per heavy atom. The van der Waals surface area contributed by atoms with Gasteiger partial charge in [0.2, 0.25) is 0 Å². The van der Waals surface area contributed by atoms with Crippen molar-refractivity contribution in [3.05, 3.63) is 0 Å². The highest BCUT2D eigenvalue weighted by Gasteiger charge is 2.11. The molecule has 0 bridgehead atoms. The number of rotatable bonds is 15. The molecule has 0 aliphatic rings. The van der Waals surface area contributed by atoms with Gasteiger partial charge in [-0.3, -0.25) is 0 Å². The van der Waals surface area contributed by atoms with Crippen LogP contribution in [0.5, 0.6) is 0 Å². The maximum absolute atomic E-state index is 2.48. The number of hydrogen-bond acceptors (Lipinski definition) is 0. The maximum Gasteiger partial charge on any atom is -0.0417 e. The van der Waals surface area contributed by atoms with Crippen molar-refractivity contribution in [1.82, 2.24) is 0 Å². The van der Waals surface area contributed by atoms with Gasteiger partial charge in [-0.2, -0.15) is 0 Å². The zero-order chi connectivity index (χ0) is 15.1. The maximum atomic E-state index is 2.48. The van der Waals surface area contributed by atoms with E-state index in [2.05, 4.69) is 27.7 Å². The van der Waals surface area contributed by atoms with E-state index in [9.17, 15) is 0 Å². The van der Waals surface area contributed by atoms with Crippen LogP contribution >= 0.6 is 0 Å². The summed E-state index contributed by atoms with van der Waals surface area (Å²) < 4.78 is 0. The summed E-state index contributed by atoms with van der Waals surface area (Å²) >= 11 is 0. The molecule has 2 unspecified atom stereocenters. The van der Waals surface area contributed by atoms with E-state index in [4.69, 9.17) is 0 Å². The van der Waals surface area contributed by atoms with Gasteiger partial charge in [-0.15, -0.1) is 0 Å². The van der Waals surface area contributed by atoms with E-state index in [1.165, 1.54) is 89.9 Å². The molecule has 122 valence electrons. The van der Waals surface area contributed by atoms with Crippen LogP contribution in [0.15, 0.2) is 0 Å². The zero-order valence-corrected chi connectivity index (χ0v) is 15.1. The van der Waals surface area contributed by atoms with Gasteiger partial charge in [-0.05, 0) is 11.8 Å². The Balaban J connectivity index is 3.35. The number of unbranched alkanes of at least 4 members (excludes halogenated alkanes) is 10. The molecule has 0 amide bonds. The van der Waals surface area contributed by atoms with Gasteiger partial charge >= 0.3 is 0 Å². The topological polar surface area (TPSA) is 0 Å². The molecule has 0 N–H and O–H groups in total. The first-order chi connectivity index (χ1) is 9.72. The Hall–Kier alpha value is 0. The highest BCUT2D eigenvalue weighted by molar-refractivity contribution is 4.63. The van der Waals surface area contributed by atoms with Crippen LogP contribution in [-0.2, 0) is 0 Å². The lowest BCUT2D eigenvalue weighted by atomic mass is 9.86. The molecule has 2 atom stereocenters. The van der Waals surface area contributed by atoms with Gasteiger partial charge in [0.25, 0.3) is 0 Å². The lowest BCUT2D eigenvalue weighted by Gasteiger charge is -2.19. The first kappa shape index (κ1) is 20.0. The average molecular weight is 283 g/mol. The summed E-state index contributed by atoms with van der Waals surface area (Å²) in [6, 6.07) is 0. The smallest absolute Gasteiger partial charge is 0.0417 e. The monoisotopic (exact) mass is 282 g/mol. The molecule has 0 aliphatic carbocycles. The second kappa shape index (κ2) is 15.4. The third-order valence-electron chi connectivity index (χ3n) is 5.00. The summed E-state index contributed by atoms with van der Waals surface area (Å²) in [5.74, 6) is 1.88. The van der Waals surface area contributed by atoms with E-state index < -0.39 is 0 Å². The highest BCUT2D eigenvalue weighted by atomic mass is 14.2. The Bertz CT molecular complexity index is 153. The van der Waals surface area contributed by atoms with Gasteiger partial charge in [-0.25, -0.2) is 0 Å². The van der Waals surface area contributed by atoms with Crippen LogP contribution in [0.3, 0.4) is 0 Å². The standard InChI is InChI=1S/C20H42/c1-5-7-9-11-13-15-17-19(3)20(4)18-16-14-12-10-8-6-2/h19-20H,5-18H2,1-4H3. The predicted octanol–water partition coefficient (Wildman–Crippen LogP) is 7.76. The summed E-state index contributed by atoms with van der Waals surface area (Å²) in [6.07, 6.45) is 20.2. The molecule has 0 rings (SSSR count). The predicted molar refractivity (Wildman–Crippen MR) is 94.3 cm³/mol. The van der Waals surface area contributed by atoms with Crippen LogP contribution in [0.4, 0.5) is 0 Å². The molecule has 20 heavy (non-hydrogen) atoms. The molecule has 0 aromatic carbocycles. The van der Waals surface area contributed by atoms with Gasteiger partial charge in [0.15, 0.2) is 0 Å². The summed E-state index contributed by atoms with van der Waals surface area (Å²) in [6.45, 7) is 9.56. The highest BCUT2D eigenvalue weighted by Crippen LogP contribution is 2.24. The minimum atomic E-state index is 0.941. The molecule has 0 aromatic rings. The molecule has 0 heterocycles. The lowest BCUT2D eigenvalue weighted by Crippen LogP contribution is -2.08. The van der Waals surface area contributed by atoms with E-state index in [1.807, 2.05) is 0 Å². The van der Waals surface area contributed by atoms with Crippen molar-refractivity contribution >= 4 is 0 Å². The molecule has 0 radical (unpaired) electrons. The Morgan fingerprint density at radius 3 is 1.10 bits per heavy atom. The summed E-state index contributed by atoms with van der Waals surface area (Å²) in [4.78, 5) is 0. The van der Waals surface area contributed by atoms with Crippen LogP contribution in [0.1, 0.15) is 118 Å². The molecular formula is C20H42. The van der Waals surface area contributed by atoms with Gasteiger partial charge in [0, 0.05) is 0 Å². The second-order valence-electron chi connectivity index (χ2n) is 7.07. The fourth-order valence-corrected chi connectivity index (χ4v) is 3.06. The van der Waals surface area contributed by atoms with Gasteiger partial charge in [-0.1, -0.05) is 118 Å². The van der Waals surface area contributed by atoms with Gasteiger partial charge < -0.3 is 0 Å². The van der Waals surface area contributed by atoms with Crippen molar-refractivity contribution in [2.24, 2.45) is 11.8 Å². The minimum Gasteiger partial charge on any atom is -0.0654 e. The van der Waals surface area contributed by atoms with Crippen molar-refractivity contribution in [3.63, 3.8) is 0 Å². The van der Waals surface area contributed by atoms with Crippen molar-refractivity contribution < 1.29 is 0 Å². The van der Waals surface area contributed by atoms with Crippen LogP contribution in [-0.4, -0.2) is 0 Å². The Labute approximate surface area is 130 Å². The minimum absolute atomic E-state index is 0.941. The second-order valence-corrected chi connectivity index (χ2v) is 7.07. The van der Waals surface area contributed by atoms with E-state index in [0.29, 0.717) is 0 Å². The van der Waals surface area contributed by atoms with Gasteiger partial charge in [0.05, 0.1) is 0 Å². The van der Waals surface area contributed by atoms with Gasteiger partial charge in [0.1, 0.15) is 0 Å². The fraction of sp³-hybridized carbons (Fsp3) is 1.00. The molecule has 0 heteroatoms. The van der Waals surface area contributed by atoms with E-state index in [0.717, 1.165) is 11.8 Å². The summed E-state index contributed by atoms with van der Waals surface area (Å²) in [5, 5.41) is 0. The normalized spacial score (nSPS) is 14.4. The summed E-state index contributed by atoms with van der Waals surface area (Å²) in [5.41, 5.74) is 0. The molecule has 0 fully saturated rings.